The first-order chi connectivity index (χ1) is 13.5. The van der Waals surface area contributed by atoms with E-state index >= 15 is 0 Å². The van der Waals surface area contributed by atoms with Gasteiger partial charge in [0.2, 0.25) is 0 Å². The fourth-order valence-electron chi connectivity index (χ4n) is 3.00. The summed E-state index contributed by atoms with van der Waals surface area (Å²) in [7, 11) is 0. The van der Waals surface area contributed by atoms with Crippen molar-refractivity contribution >= 4 is 34.2 Å². The van der Waals surface area contributed by atoms with Gasteiger partial charge in [-0.2, -0.15) is 0 Å². The Hall–Kier alpha value is -3.24. The van der Waals surface area contributed by atoms with Crippen LogP contribution in [0, 0.1) is 6.92 Å². The SMILES string of the molecule is Cc1ccc(N(C(=O)C(=O)Cl)C(C(=O)c2ccccc2)c2ccccc2)cc1. The van der Waals surface area contributed by atoms with Gasteiger partial charge in [0.05, 0.1) is 0 Å². The standard InChI is InChI=1S/C23H18ClNO3/c1-16-12-14-19(15-13-16)25(23(28)22(24)27)20(17-8-4-2-5-9-17)21(26)18-10-6-3-7-11-18/h2-15,20H,1H3. The first kappa shape index (κ1) is 19.5. The Bertz CT molecular complexity index is 985. The van der Waals surface area contributed by atoms with Crippen molar-refractivity contribution in [2.45, 2.75) is 13.0 Å². The van der Waals surface area contributed by atoms with Crippen LogP contribution < -0.4 is 4.90 Å². The number of hydrogen-bond donors (Lipinski definition) is 0. The third-order valence-electron chi connectivity index (χ3n) is 4.38. The Kier molecular flexibility index (Phi) is 6.02. The van der Waals surface area contributed by atoms with Crippen molar-refractivity contribution in [1.29, 1.82) is 0 Å². The molecule has 0 saturated carbocycles. The van der Waals surface area contributed by atoms with E-state index < -0.39 is 17.2 Å². The number of Topliss-reactive ketones (excluding diaryl/α,β-unsaturated/α-hetero) is 1. The molecular weight excluding hydrogens is 374 g/mol. The summed E-state index contributed by atoms with van der Waals surface area (Å²) in [6, 6.07) is 23.5. The number of ketones is 1. The number of halogens is 1. The number of amides is 1. The number of rotatable bonds is 6. The molecule has 3 aromatic rings. The molecule has 5 heteroatoms. The summed E-state index contributed by atoms with van der Waals surface area (Å²) in [4.78, 5) is 39.1. The van der Waals surface area contributed by atoms with E-state index in [1.165, 1.54) is 4.90 Å². The van der Waals surface area contributed by atoms with Crippen LogP contribution in [0.25, 0.3) is 0 Å². The van der Waals surface area contributed by atoms with Gasteiger partial charge < -0.3 is 0 Å². The maximum absolute atomic E-state index is 13.4. The number of nitrogens with zero attached hydrogens (tertiary/aromatic N) is 1. The molecule has 4 nitrogen and oxygen atoms in total. The highest BCUT2D eigenvalue weighted by Crippen LogP contribution is 2.31. The highest BCUT2D eigenvalue weighted by molar-refractivity contribution is 6.82. The van der Waals surface area contributed by atoms with Crippen molar-refractivity contribution in [1.82, 2.24) is 0 Å². The molecule has 0 fully saturated rings. The molecule has 0 bridgehead atoms. The maximum atomic E-state index is 13.4. The molecular formula is C23H18ClNO3. The molecule has 3 rings (SSSR count). The second-order valence-electron chi connectivity index (χ2n) is 6.33. The molecule has 1 atom stereocenters. The summed E-state index contributed by atoms with van der Waals surface area (Å²) >= 11 is 5.54. The molecule has 1 unspecified atom stereocenters. The van der Waals surface area contributed by atoms with Crippen LogP contribution in [0.1, 0.15) is 27.5 Å². The quantitative estimate of drug-likeness (QED) is 0.347. The molecule has 1 amide bonds. The molecule has 0 aliphatic heterocycles. The zero-order valence-electron chi connectivity index (χ0n) is 15.2. The molecule has 0 saturated heterocycles. The molecule has 28 heavy (non-hydrogen) atoms. The van der Waals surface area contributed by atoms with Gasteiger partial charge in [0.1, 0.15) is 6.04 Å². The molecule has 0 aliphatic carbocycles. The van der Waals surface area contributed by atoms with Gasteiger partial charge in [0.15, 0.2) is 5.78 Å². The van der Waals surface area contributed by atoms with Crippen molar-refractivity contribution in [2.75, 3.05) is 4.90 Å². The fraction of sp³-hybridized carbons (Fsp3) is 0.0870. The van der Waals surface area contributed by atoms with Crippen LogP contribution in [-0.2, 0) is 9.59 Å². The normalized spacial score (nSPS) is 11.5. The van der Waals surface area contributed by atoms with Crippen LogP contribution in [0.2, 0.25) is 0 Å². The highest BCUT2D eigenvalue weighted by Gasteiger charge is 2.35. The predicted octanol–water partition coefficient (Wildman–Crippen LogP) is 4.72. The van der Waals surface area contributed by atoms with Gasteiger partial charge in [-0.15, -0.1) is 0 Å². The van der Waals surface area contributed by atoms with Crippen LogP contribution in [0.5, 0.6) is 0 Å². The van der Waals surface area contributed by atoms with Gasteiger partial charge in [-0.05, 0) is 36.2 Å². The van der Waals surface area contributed by atoms with E-state index in [1.807, 2.05) is 25.1 Å². The molecule has 0 spiro atoms. The molecule has 3 aromatic carbocycles. The van der Waals surface area contributed by atoms with Crippen LogP contribution >= 0.6 is 11.6 Å². The molecule has 0 aromatic heterocycles. The number of benzene rings is 3. The zero-order chi connectivity index (χ0) is 20.1. The van der Waals surface area contributed by atoms with E-state index in [4.69, 9.17) is 11.6 Å². The molecule has 0 N–H and O–H groups in total. The third-order valence-corrected chi connectivity index (χ3v) is 4.54. The summed E-state index contributed by atoms with van der Waals surface area (Å²) in [5.41, 5.74) is 2.42. The van der Waals surface area contributed by atoms with E-state index in [2.05, 4.69) is 0 Å². The molecule has 0 heterocycles. The lowest BCUT2D eigenvalue weighted by molar-refractivity contribution is -0.132. The first-order valence-electron chi connectivity index (χ1n) is 8.73. The molecule has 0 radical (unpaired) electrons. The second kappa shape index (κ2) is 8.63. The Balaban J connectivity index is 2.19. The highest BCUT2D eigenvalue weighted by atomic mass is 35.5. The Morgan fingerprint density at radius 2 is 1.32 bits per heavy atom. The largest absolute Gasteiger partial charge is 0.311 e. The summed E-state index contributed by atoms with van der Waals surface area (Å²) in [5.74, 6) is -1.26. The van der Waals surface area contributed by atoms with Gasteiger partial charge in [0.25, 0.3) is 0 Å². The fourth-order valence-corrected chi connectivity index (χ4v) is 3.09. The topological polar surface area (TPSA) is 54.5 Å². The van der Waals surface area contributed by atoms with Gasteiger partial charge >= 0.3 is 11.1 Å². The lowest BCUT2D eigenvalue weighted by Crippen LogP contribution is -2.41. The van der Waals surface area contributed by atoms with E-state index in [0.29, 0.717) is 16.8 Å². The Morgan fingerprint density at radius 3 is 1.86 bits per heavy atom. The third kappa shape index (κ3) is 4.18. The average Bonchev–Trinajstić information content (AvgIpc) is 2.73. The maximum Gasteiger partial charge on any atom is 0.311 e. The average molecular weight is 392 g/mol. The number of hydrogen-bond acceptors (Lipinski definition) is 3. The van der Waals surface area contributed by atoms with E-state index in [9.17, 15) is 14.4 Å². The second-order valence-corrected chi connectivity index (χ2v) is 6.67. The number of anilines is 1. The summed E-state index contributed by atoms with van der Waals surface area (Å²) in [5, 5.41) is -1.15. The van der Waals surface area contributed by atoms with Gasteiger partial charge in [-0.3, -0.25) is 19.3 Å². The minimum Gasteiger partial charge on any atom is -0.291 e. The van der Waals surface area contributed by atoms with Crippen LogP contribution in [0.3, 0.4) is 0 Å². The minimum absolute atomic E-state index is 0.307. The van der Waals surface area contributed by atoms with E-state index in [-0.39, 0.29) is 5.78 Å². The number of carbonyl (C=O) groups excluding carboxylic acids is 3. The van der Waals surface area contributed by atoms with Gasteiger partial charge in [-0.1, -0.05) is 78.4 Å². The lowest BCUT2D eigenvalue weighted by Gasteiger charge is -2.30. The summed E-state index contributed by atoms with van der Waals surface area (Å²) in [6.45, 7) is 1.91. The zero-order valence-corrected chi connectivity index (χ0v) is 16.0. The van der Waals surface area contributed by atoms with Crippen molar-refractivity contribution in [3.8, 4) is 0 Å². The predicted molar refractivity (Wildman–Crippen MR) is 109 cm³/mol. The number of aryl methyl sites for hydroxylation is 1. The van der Waals surface area contributed by atoms with Crippen LogP contribution in [0.15, 0.2) is 84.9 Å². The summed E-state index contributed by atoms with van der Waals surface area (Å²) < 4.78 is 0. The minimum atomic E-state index is -1.15. The summed E-state index contributed by atoms with van der Waals surface area (Å²) in [6.07, 6.45) is 0. The Labute approximate surface area is 168 Å². The lowest BCUT2D eigenvalue weighted by atomic mass is 9.95. The van der Waals surface area contributed by atoms with Gasteiger partial charge in [0, 0.05) is 11.3 Å². The monoisotopic (exact) mass is 391 g/mol. The first-order valence-corrected chi connectivity index (χ1v) is 9.10. The number of carbonyl (C=O) groups is 3. The van der Waals surface area contributed by atoms with Crippen molar-refractivity contribution in [2.24, 2.45) is 0 Å². The smallest absolute Gasteiger partial charge is 0.291 e. The molecule has 140 valence electrons. The van der Waals surface area contributed by atoms with Crippen molar-refractivity contribution < 1.29 is 14.4 Å². The molecule has 0 aliphatic rings. The van der Waals surface area contributed by atoms with E-state index in [0.717, 1.165) is 5.56 Å². The van der Waals surface area contributed by atoms with Gasteiger partial charge in [-0.25, -0.2) is 0 Å². The van der Waals surface area contributed by atoms with Crippen LogP contribution in [-0.4, -0.2) is 16.9 Å². The van der Waals surface area contributed by atoms with E-state index in [1.54, 1.807) is 66.7 Å². The Morgan fingerprint density at radius 1 is 0.786 bits per heavy atom. The van der Waals surface area contributed by atoms with Crippen molar-refractivity contribution in [3.63, 3.8) is 0 Å². The van der Waals surface area contributed by atoms with Crippen molar-refractivity contribution in [3.05, 3.63) is 102 Å². The van der Waals surface area contributed by atoms with Crippen LogP contribution in [0.4, 0.5) is 5.69 Å².